The summed E-state index contributed by atoms with van der Waals surface area (Å²) in [6.45, 7) is 2.58. The Morgan fingerprint density at radius 3 is 2.52 bits per heavy atom. The third-order valence-corrected chi connectivity index (χ3v) is 4.23. The van der Waals surface area contributed by atoms with E-state index in [0.29, 0.717) is 17.2 Å². The second-order valence-electron chi connectivity index (χ2n) is 6.27. The smallest absolute Gasteiger partial charge is 0.344 e. The van der Waals surface area contributed by atoms with Crippen LogP contribution in [0.15, 0.2) is 36.4 Å². The van der Waals surface area contributed by atoms with Crippen LogP contribution in [-0.2, 0) is 20.7 Å². The van der Waals surface area contributed by atoms with Crippen LogP contribution in [-0.4, -0.2) is 37.7 Å². The first kappa shape index (κ1) is 20.2. The molecule has 0 saturated heterocycles. The number of ketones is 1. The van der Waals surface area contributed by atoms with Gasteiger partial charge in [-0.25, -0.2) is 4.79 Å². The first-order valence-corrected chi connectivity index (χ1v) is 9.08. The molecule has 0 bridgehead atoms. The zero-order chi connectivity index (χ0) is 20.8. The van der Waals surface area contributed by atoms with E-state index in [-0.39, 0.29) is 30.4 Å². The number of fused-ring (bicyclic) bond motifs is 1. The fraction of sp³-hybridized carbons (Fsp3) is 0.286. The summed E-state index contributed by atoms with van der Waals surface area (Å²) in [5, 5.41) is 2.56. The van der Waals surface area contributed by atoms with E-state index in [4.69, 9.17) is 18.9 Å². The molecule has 1 aliphatic rings. The lowest BCUT2D eigenvalue weighted by molar-refractivity contribution is -0.149. The average Bonchev–Trinajstić information content (AvgIpc) is 3.17. The number of ether oxygens (including phenoxy) is 4. The number of aryl methyl sites for hydroxylation is 1. The Morgan fingerprint density at radius 1 is 1.07 bits per heavy atom. The Bertz CT molecular complexity index is 939. The van der Waals surface area contributed by atoms with E-state index in [9.17, 15) is 14.4 Å². The van der Waals surface area contributed by atoms with Gasteiger partial charge < -0.3 is 24.3 Å². The summed E-state index contributed by atoms with van der Waals surface area (Å²) in [5.41, 5.74) is 1.50. The maximum Gasteiger partial charge on any atom is 0.344 e. The molecule has 0 aromatic heterocycles. The van der Waals surface area contributed by atoms with Crippen molar-refractivity contribution in [3.63, 3.8) is 0 Å². The van der Waals surface area contributed by atoms with Crippen LogP contribution in [0.3, 0.4) is 0 Å². The van der Waals surface area contributed by atoms with Crippen LogP contribution in [0.25, 0.3) is 0 Å². The fourth-order valence-corrected chi connectivity index (χ4v) is 2.78. The van der Waals surface area contributed by atoms with Crippen molar-refractivity contribution in [2.45, 2.75) is 20.3 Å². The van der Waals surface area contributed by atoms with E-state index in [0.717, 1.165) is 12.0 Å². The highest BCUT2D eigenvalue weighted by Crippen LogP contribution is 2.37. The molecule has 1 amide bonds. The molecule has 0 atom stereocenters. The molecule has 1 N–H and O–H groups in total. The average molecular weight is 399 g/mol. The van der Waals surface area contributed by atoms with Gasteiger partial charge in [-0.15, -0.1) is 0 Å². The molecule has 2 aromatic carbocycles. The lowest BCUT2D eigenvalue weighted by Crippen LogP contribution is -2.24. The standard InChI is InChI=1S/C21H21NO7/c1-3-14-6-4-5-7-17(14)26-11-21(25)27-10-20(24)22-16-9-19-18(28-12-29-19)8-15(16)13(2)23/h4-9H,3,10-12H2,1-2H3,(H,22,24). The molecule has 0 aliphatic carbocycles. The summed E-state index contributed by atoms with van der Waals surface area (Å²) in [7, 11) is 0. The number of Topliss-reactive ketones (excluding diaryl/α,β-unsaturated/α-hetero) is 1. The van der Waals surface area contributed by atoms with Gasteiger partial charge in [0.2, 0.25) is 6.79 Å². The third kappa shape index (κ3) is 5.04. The molecule has 0 fully saturated rings. The second-order valence-corrected chi connectivity index (χ2v) is 6.27. The first-order chi connectivity index (χ1) is 14.0. The molecular weight excluding hydrogens is 378 g/mol. The number of benzene rings is 2. The van der Waals surface area contributed by atoms with Gasteiger partial charge in [0.05, 0.1) is 5.69 Å². The molecule has 1 heterocycles. The van der Waals surface area contributed by atoms with Crippen molar-refractivity contribution in [3.8, 4) is 17.2 Å². The zero-order valence-electron chi connectivity index (χ0n) is 16.2. The first-order valence-electron chi connectivity index (χ1n) is 9.08. The van der Waals surface area contributed by atoms with Gasteiger partial charge >= 0.3 is 5.97 Å². The van der Waals surface area contributed by atoms with Gasteiger partial charge in [0.1, 0.15) is 5.75 Å². The molecule has 152 valence electrons. The highest BCUT2D eigenvalue weighted by atomic mass is 16.7. The Labute approximate surface area is 167 Å². The maximum absolute atomic E-state index is 12.2. The summed E-state index contributed by atoms with van der Waals surface area (Å²) in [4.78, 5) is 35.9. The lowest BCUT2D eigenvalue weighted by Gasteiger charge is -2.12. The number of hydrogen-bond donors (Lipinski definition) is 1. The van der Waals surface area contributed by atoms with E-state index >= 15 is 0 Å². The number of anilines is 1. The normalized spacial score (nSPS) is 11.7. The second kappa shape index (κ2) is 9.09. The molecule has 2 aromatic rings. The minimum Gasteiger partial charge on any atom is -0.482 e. The van der Waals surface area contributed by atoms with Gasteiger partial charge in [-0.1, -0.05) is 25.1 Å². The van der Waals surface area contributed by atoms with Crippen molar-refractivity contribution < 1.29 is 33.3 Å². The van der Waals surface area contributed by atoms with Crippen LogP contribution < -0.4 is 19.5 Å². The summed E-state index contributed by atoms with van der Waals surface area (Å²) in [5.74, 6) is -0.0620. The Balaban J connectivity index is 1.53. The molecule has 0 unspecified atom stereocenters. The van der Waals surface area contributed by atoms with Crippen LogP contribution in [0.4, 0.5) is 5.69 Å². The molecular formula is C21H21NO7. The van der Waals surface area contributed by atoms with E-state index in [1.165, 1.54) is 19.1 Å². The van der Waals surface area contributed by atoms with Crippen LogP contribution in [0.2, 0.25) is 0 Å². The molecule has 8 nitrogen and oxygen atoms in total. The predicted molar refractivity (Wildman–Crippen MR) is 103 cm³/mol. The topological polar surface area (TPSA) is 100 Å². The van der Waals surface area contributed by atoms with Crippen molar-refractivity contribution in [2.75, 3.05) is 25.3 Å². The van der Waals surface area contributed by atoms with E-state index in [1.807, 2.05) is 25.1 Å². The summed E-state index contributed by atoms with van der Waals surface area (Å²) >= 11 is 0. The molecule has 1 aliphatic heterocycles. The Morgan fingerprint density at radius 2 is 1.79 bits per heavy atom. The van der Waals surface area contributed by atoms with Crippen LogP contribution >= 0.6 is 0 Å². The van der Waals surface area contributed by atoms with Gasteiger partial charge in [0.15, 0.2) is 30.5 Å². The van der Waals surface area contributed by atoms with Crippen LogP contribution in [0, 0.1) is 0 Å². The largest absolute Gasteiger partial charge is 0.482 e. The van der Waals surface area contributed by atoms with Crippen molar-refractivity contribution in [1.82, 2.24) is 0 Å². The quantitative estimate of drug-likeness (QED) is 0.538. The molecule has 29 heavy (non-hydrogen) atoms. The number of rotatable bonds is 8. The van der Waals surface area contributed by atoms with Crippen molar-refractivity contribution in [1.29, 1.82) is 0 Å². The number of amides is 1. The summed E-state index contributed by atoms with van der Waals surface area (Å²) < 4.78 is 20.9. The molecule has 0 spiro atoms. The third-order valence-electron chi connectivity index (χ3n) is 4.23. The van der Waals surface area contributed by atoms with Crippen molar-refractivity contribution >= 4 is 23.3 Å². The van der Waals surface area contributed by atoms with Crippen molar-refractivity contribution in [2.24, 2.45) is 0 Å². The van der Waals surface area contributed by atoms with Gasteiger partial charge in [-0.2, -0.15) is 0 Å². The lowest BCUT2D eigenvalue weighted by atomic mass is 10.1. The molecule has 0 radical (unpaired) electrons. The minimum atomic E-state index is -0.677. The van der Waals surface area contributed by atoms with Gasteiger partial charge in [0, 0.05) is 11.6 Å². The number of para-hydroxylation sites is 1. The molecule has 0 saturated carbocycles. The van der Waals surface area contributed by atoms with E-state index in [2.05, 4.69) is 5.32 Å². The summed E-state index contributed by atoms with van der Waals surface area (Å²) in [6, 6.07) is 10.4. The minimum absolute atomic E-state index is 0.0445. The number of hydrogen-bond acceptors (Lipinski definition) is 7. The van der Waals surface area contributed by atoms with Gasteiger partial charge in [0.25, 0.3) is 5.91 Å². The Kier molecular flexibility index (Phi) is 6.33. The predicted octanol–water partition coefficient (Wildman–Crippen LogP) is 2.74. The highest BCUT2D eigenvalue weighted by Gasteiger charge is 2.20. The number of carbonyl (C=O) groups is 3. The summed E-state index contributed by atoms with van der Waals surface area (Å²) in [6.07, 6.45) is 0.766. The number of esters is 1. The highest BCUT2D eigenvalue weighted by molar-refractivity contribution is 6.05. The molecule has 8 heteroatoms. The SMILES string of the molecule is CCc1ccccc1OCC(=O)OCC(=O)Nc1cc2c(cc1C(C)=O)OCO2. The fourth-order valence-electron chi connectivity index (χ4n) is 2.78. The molecule has 3 rings (SSSR count). The monoisotopic (exact) mass is 399 g/mol. The van der Waals surface area contributed by atoms with E-state index < -0.39 is 18.5 Å². The zero-order valence-corrected chi connectivity index (χ0v) is 16.2. The number of carbonyl (C=O) groups excluding carboxylic acids is 3. The van der Waals surface area contributed by atoms with Crippen LogP contribution in [0.1, 0.15) is 29.8 Å². The number of nitrogens with one attached hydrogen (secondary N) is 1. The van der Waals surface area contributed by atoms with E-state index in [1.54, 1.807) is 6.07 Å². The maximum atomic E-state index is 12.2. The Hall–Kier alpha value is -3.55. The van der Waals surface area contributed by atoms with Crippen LogP contribution in [0.5, 0.6) is 17.2 Å². The van der Waals surface area contributed by atoms with Gasteiger partial charge in [-0.3, -0.25) is 9.59 Å². The van der Waals surface area contributed by atoms with Gasteiger partial charge in [-0.05, 0) is 31.0 Å². The van der Waals surface area contributed by atoms with Crippen molar-refractivity contribution in [3.05, 3.63) is 47.5 Å².